The standard InChI is InChI=1S/C16H13ClF3NO4S/c1-25-15(22)10-21(13-4-2-3-11(9-13)16(18,19)20)26(23,24)14-7-5-12(17)6-8-14/h2-9H,10H2,1H3. The van der Waals surface area contributed by atoms with E-state index in [0.29, 0.717) is 10.4 Å². The van der Waals surface area contributed by atoms with Gasteiger partial charge < -0.3 is 4.74 Å². The maximum absolute atomic E-state index is 12.9. The first-order valence-corrected chi connectivity index (χ1v) is 8.90. The van der Waals surface area contributed by atoms with E-state index in [9.17, 15) is 26.4 Å². The second-order valence-electron chi connectivity index (χ2n) is 5.09. The van der Waals surface area contributed by atoms with Crippen LogP contribution in [0.2, 0.25) is 5.02 Å². The molecule has 0 unspecified atom stereocenters. The summed E-state index contributed by atoms with van der Waals surface area (Å²) in [7, 11) is -3.29. The molecule has 0 bridgehead atoms. The van der Waals surface area contributed by atoms with Crippen LogP contribution in [0.25, 0.3) is 0 Å². The van der Waals surface area contributed by atoms with E-state index >= 15 is 0 Å². The van der Waals surface area contributed by atoms with E-state index in [1.807, 2.05) is 0 Å². The lowest BCUT2D eigenvalue weighted by Gasteiger charge is -2.24. The Morgan fingerprint density at radius 1 is 1.15 bits per heavy atom. The molecule has 0 saturated carbocycles. The highest BCUT2D eigenvalue weighted by Crippen LogP contribution is 2.33. The molecule has 0 aliphatic heterocycles. The fourth-order valence-corrected chi connectivity index (χ4v) is 3.59. The van der Waals surface area contributed by atoms with E-state index in [0.717, 1.165) is 25.3 Å². The van der Waals surface area contributed by atoms with E-state index in [2.05, 4.69) is 4.74 Å². The van der Waals surface area contributed by atoms with E-state index in [4.69, 9.17) is 11.6 Å². The van der Waals surface area contributed by atoms with Crippen molar-refractivity contribution in [3.8, 4) is 0 Å². The van der Waals surface area contributed by atoms with E-state index < -0.39 is 34.3 Å². The predicted octanol–water partition coefficient (Wildman–Crippen LogP) is 3.73. The lowest BCUT2D eigenvalue weighted by atomic mass is 10.2. The summed E-state index contributed by atoms with van der Waals surface area (Å²) in [5.74, 6) is -0.931. The third-order valence-corrected chi connectivity index (χ3v) is 5.40. The van der Waals surface area contributed by atoms with Gasteiger partial charge in [-0.3, -0.25) is 9.10 Å². The molecular formula is C16H13ClF3NO4S. The lowest BCUT2D eigenvalue weighted by Crippen LogP contribution is -2.36. The lowest BCUT2D eigenvalue weighted by molar-refractivity contribution is -0.139. The number of methoxy groups -OCH3 is 1. The number of carbonyl (C=O) groups is 1. The third-order valence-electron chi connectivity index (χ3n) is 3.36. The highest BCUT2D eigenvalue weighted by atomic mass is 35.5. The maximum Gasteiger partial charge on any atom is 0.416 e. The van der Waals surface area contributed by atoms with Gasteiger partial charge in [-0.25, -0.2) is 8.42 Å². The fraction of sp³-hybridized carbons (Fsp3) is 0.188. The molecule has 0 saturated heterocycles. The number of sulfonamides is 1. The quantitative estimate of drug-likeness (QED) is 0.708. The van der Waals surface area contributed by atoms with Crippen molar-refractivity contribution < 1.29 is 31.1 Å². The van der Waals surface area contributed by atoms with Gasteiger partial charge in [0.2, 0.25) is 0 Å². The minimum Gasteiger partial charge on any atom is -0.468 e. The van der Waals surface area contributed by atoms with Gasteiger partial charge in [0.05, 0.1) is 23.3 Å². The molecule has 2 rings (SSSR count). The Hall–Kier alpha value is -2.26. The Kier molecular flexibility index (Phi) is 5.82. The van der Waals surface area contributed by atoms with Crippen LogP contribution >= 0.6 is 11.6 Å². The number of nitrogens with zero attached hydrogens (tertiary/aromatic N) is 1. The van der Waals surface area contributed by atoms with Gasteiger partial charge in [-0.15, -0.1) is 0 Å². The van der Waals surface area contributed by atoms with Crippen LogP contribution in [0.3, 0.4) is 0 Å². The van der Waals surface area contributed by atoms with Crippen molar-refractivity contribution in [2.75, 3.05) is 18.0 Å². The average Bonchev–Trinajstić information content (AvgIpc) is 2.59. The summed E-state index contributed by atoms with van der Waals surface area (Å²) >= 11 is 5.73. The molecular weight excluding hydrogens is 395 g/mol. The molecule has 0 fully saturated rings. The first-order valence-electron chi connectivity index (χ1n) is 7.08. The third kappa shape index (κ3) is 4.47. The summed E-state index contributed by atoms with van der Waals surface area (Å²) < 4.78 is 69.6. The topological polar surface area (TPSA) is 63.7 Å². The summed E-state index contributed by atoms with van der Waals surface area (Å²) in [4.78, 5) is 11.4. The Morgan fingerprint density at radius 3 is 2.31 bits per heavy atom. The zero-order valence-corrected chi connectivity index (χ0v) is 14.9. The molecule has 26 heavy (non-hydrogen) atoms. The molecule has 0 heterocycles. The number of hydrogen-bond donors (Lipinski definition) is 0. The van der Waals surface area contributed by atoms with Crippen LogP contribution in [0.4, 0.5) is 18.9 Å². The molecule has 140 valence electrons. The molecule has 0 aliphatic rings. The van der Waals surface area contributed by atoms with Crippen molar-refractivity contribution in [1.29, 1.82) is 0 Å². The molecule has 0 N–H and O–H groups in total. The number of anilines is 1. The van der Waals surface area contributed by atoms with Gasteiger partial charge in [0, 0.05) is 5.02 Å². The van der Waals surface area contributed by atoms with Crippen molar-refractivity contribution in [2.45, 2.75) is 11.1 Å². The minimum absolute atomic E-state index is 0.233. The molecule has 10 heteroatoms. The van der Waals surface area contributed by atoms with Gasteiger partial charge in [-0.1, -0.05) is 17.7 Å². The van der Waals surface area contributed by atoms with Crippen molar-refractivity contribution in [2.24, 2.45) is 0 Å². The largest absolute Gasteiger partial charge is 0.468 e. The highest BCUT2D eigenvalue weighted by Gasteiger charge is 2.33. The summed E-state index contributed by atoms with van der Waals surface area (Å²) in [5, 5.41) is 0.280. The zero-order valence-electron chi connectivity index (χ0n) is 13.3. The minimum atomic E-state index is -4.67. The molecule has 0 radical (unpaired) electrons. The molecule has 0 atom stereocenters. The number of benzene rings is 2. The average molecular weight is 408 g/mol. The zero-order chi connectivity index (χ0) is 19.5. The number of esters is 1. The van der Waals surface area contributed by atoms with Crippen LogP contribution in [-0.2, 0) is 25.7 Å². The number of halogens is 4. The summed E-state index contributed by atoms with van der Waals surface area (Å²) in [6, 6.07) is 8.68. The molecule has 0 aromatic heterocycles. The van der Waals surface area contributed by atoms with Crippen molar-refractivity contribution in [1.82, 2.24) is 0 Å². The van der Waals surface area contributed by atoms with Crippen molar-refractivity contribution in [3.63, 3.8) is 0 Å². The molecule has 5 nitrogen and oxygen atoms in total. The van der Waals surface area contributed by atoms with Crippen LogP contribution in [0, 0.1) is 0 Å². The molecule has 0 aliphatic carbocycles. The maximum atomic E-state index is 12.9. The van der Waals surface area contributed by atoms with Gasteiger partial charge in [-0.2, -0.15) is 13.2 Å². The van der Waals surface area contributed by atoms with Crippen LogP contribution in [0.5, 0.6) is 0 Å². The molecule has 0 amide bonds. The summed E-state index contributed by atoms with van der Waals surface area (Å²) in [6.45, 7) is -0.789. The van der Waals surface area contributed by atoms with Gasteiger partial charge in [0.1, 0.15) is 6.54 Å². The Balaban J connectivity index is 2.57. The monoisotopic (exact) mass is 407 g/mol. The molecule has 2 aromatic carbocycles. The Bertz CT molecular complexity index is 898. The van der Waals surface area contributed by atoms with Crippen LogP contribution in [0.15, 0.2) is 53.4 Å². The first-order chi connectivity index (χ1) is 12.1. The van der Waals surface area contributed by atoms with E-state index in [1.165, 1.54) is 24.3 Å². The van der Waals surface area contributed by atoms with E-state index in [1.54, 1.807) is 0 Å². The Morgan fingerprint density at radius 2 is 1.77 bits per heavy atom. The second kappa shape index (κ2) is 7.55. The highest BCUT2D eigenvalue weighted by molar-refractivity contribution is 7.92. The number of hydrogen-bond acceptors (Lipinski definition) is 4. The SMILES string of the molecule is COC(=O)CN(c1cccc(C(F)(F)F)c1)S(=O)(=O)c1ccc(Cl)cc1. The number of rotatable bonds is 5. The summed E-state index contributed by atoms with van der Waals surface area (Å²) in [5.41, 5.74) is -1.36. The van der Waals surface area contributed by atoms with Crippen LogP contribution in [-0.4, -0.2) is 28.0 Å². The van der Waals surface area contributed by atoms with Crippen LogP contribution < -0.4 is 4.31 Å². The number of carbonyl (C=O) groups excluding carboxylic acids is 1. The fourth-order valence-electron chi connectivity index (χ4n) is 2.07. The Labute approximate surface area is 153 Å². The second-order valence-corrected chi connectivity index (χ2v) is 7.39. The van der Waals surface area contributed by atoms with Gasteiger partial charge in [0.25, 0.3) is 10.0 Å². The first kappa shape index (κ1) is 20.1. The molecule has 0 spiro atoms. The van der Waals surface area contributed by atoms with E-state index in [-0.39, 0.29) is 15.6 Å². The van der Waals surface area contributed by atoms with Gasteiger partial charge in [0.15, 0.2) is 0 Å². The smallest absolute Gasteiger partial charge is 0.416 e. The van der Waals surface area contributed by atoms with Crippen molar-refractivity contribution >= 4 is 33.3 Å². The predicted molar refractivity (Wildman–Crippen MR) is 89.4 cm³/mol. The van der Waals surface area contributed by atoms with Gasteiger partial charge >= 0.3 is 12.1 Å². The van der Waals surface area contributed by atoms with Crippen molar-refractivity contribution in [3.05, 3.63) is 59.1 Å². The van der Waals surface area contributed by atoms with Crippen LogP contribution in [0.1, 0.15) is 5.56 Å². The van der Waals surface area contributed by atoms with Gasteiger partial charge in [-0.05, 0) is 42.5 Å². The number of alkyl halides is 3. The summed E-state index contributed by atoms with van der Waals surface area (Å²) in [6.07, 6.45) is -4.67. The number of ether oxygens (including phenoxy) is 1. The molecule has 2 aromatic rings. The normalized spacial score (nSPS) is 11.9.